The predicted octanol–water partition coefficient (Wildman–Crippen LogP) is 4.24. The number of phenols is 1. The Bertz CT molecular complexity index is 457. The summed E-state index contributed by atoms with van der Waals surface area (Å²) in [5.41, 5.74) is 1.09. The number of benzene rings is 1. The lowest BCUT2D eigenvalue weighted by Crippen LogP contribution is -1.77. The second-order valence-electron chi connectivity index (χ2n) is 3.91. The highest BCUT2D eigenvalue weighted by atomic mass is 32.1. The molecule has 0 aliphatic rings. The molecular weight excluding hydrogens is 204 g/mol. The van der Waals surface area contributed by atoms with E-state index in [4.69, 9.17) is 0 Å². The number of thiophene rings is 1. The van der Waals surface area contributed by atoms with Gasteiger partial charge in [0.05, 0.1) is 0 Å². The molecule has 2 heteroatoms. The van der Waals surface area contributed by atoms with E-state index in [2.05, 4.69) is 26.0 Å². The molecule has 0 saturated heterocycles. The van der Waals surface area contributed by atoms with Gasteiger partial charge in [-0.15, -0.1) is 11.3 Å². The number of phenolic OH excluding ortho intramolecular Hbond substituents is 1. The van der Waals surface area contributed by atoms with Gasteiger partial charge in [-0.25, -0.2) is 0 Å². The Labute approximate surface area is 94.0 Å². The number of aromatic hydroxyl groups is 1. The lowest BCUT2D eigenvalue weighted by Gasteiger charge is -1.99. The van der Waals surface area contributed by atoms with E-state index in [1.54, 1.807) is 23.5 Å². The summed E-state index contributed by atoms with van der Waals surface area (Å²) < 4.78 is 0. The predicted molar refractivity (Wildman–Crippen MR) is 65.5 cm³/mol. The minimum Gasteiger partial charge on any atom is -0.508 e. The summed E-state index contributed by atoms with van der Waals surface area (Å²) >= 11 is 1.79. The second kappa shape index (κ2) is 4.07. The first kappa shape index (κ1) is 10.2. The minimum absolute atomic E-state index is 0.326. The normalized spacial score (nSPS) is 10.9. The first-order valence-electron chi connectivity index (χ1n) is 5.06. The van der Waals surface area contributed by atoms with Crippen LogP contribution in [0.25, 0.3) is 10.4 Å². The summed E-state index contributed by atoms with van der Waals surface area (Å²) in [5.74, 6) is 0.896. The van der Waals surface area contributed by atoms with Crippen molar-refractivity contribution < 1.29 is 5.11 Å². The third-order valence-electron chi connectivity index (χ3n) is 2.33. The lowest BCUT2D eigenvalue weighted by atomic mass is 10.1. The minimum atomic E-state index is 0.326. The van der Waals surface area contributed by atoms with Gasteiger partial charge in [0.15, 0.2) is 0 Å². The first-order valence-corrected chi connectivity index (χ1v) is 5.87. The van der Waals surface area contributed by atoms with Crippen molar-refractivity contribution in [2.75, 3.05) is 0 Å². The van der Waals surface area contributed by atoms with Crippen molar-refractivity contribution in [3.63, 3.8) is 0 Å². The highest BCUT2D eigenvalue weighted by molar-refractivity contribution is 7.15. The van der Waals surface area contributed by atoms with Crippen molar-refractivity contribution in [3.05, 3.63) is 41.3 Å². The van der Waals surface area contributed by atoms with Gasteiger partial charge < -0.3 is 5.11 Å². The number of hydrogen-bond donors (Lipinski definition) is 1. The van der Waals surface area contributed by atoms with E-state index in [1.165, 1.54) is 9.75 Å². The van der Waals surface area contributed by atoms with E-state index >= 15 is 0 Å². The van der Waals surface area contributed by atoms with Gasteiger partial charge in [-0.05, 0) is 35.7 Å². The molecule has 78 valence electrons. The fraction of sp³-hybridized carbons (Fsp3) is 0.231. The van der Waals surface area contributed by atoms with Crippen molar-refractivity contribution in [2.45, 2.75) is 19.8 Å². The summed E-state index contributed by atoms with van der Waals surface area (Å²) in [4.78, 5) is 2.60. The summed E-state index contributed by atoms with van der Waals surface area (Å²) in [7, 11) is 0. The molecule has 0 aliphatic carbocycles. The van der Waals surface area contributed by atoms with Crippen LogP contribution < -0.4 is 0 Å². The van der Waals surface area contributed by atoms with Crippen molar-refractivity contribution in [3.8, 4) is 16.2 Å². The summed E-state index contributed by atoms with van der Waals surface area (Å²) in [5, 5.41) is 9.39. The van der Waals surface area contributed by atoms with E-state index in [0.29, 0.717) is 11.7 Å². The molecule has 0 radical (unpaired) electrons. The zero-order chi connectivity index (χ0) is 10.8. The Hall–Kier alpha value is -1.28. The highest BCUT2D eigenvalue weighted by Crippen LogP contribution is 2.33. The van der Waals surface area contributed by atoms with Gasteiger partial charge in [0.25, 0.3) is 0 Å². The van der Waals surface area contributed by atoms with Crippen LogP contribution in [0.5, 0.6) is 5.75 Å². The molecule has 0 saturated carbocycles. The summed E-state index contributed by atoms with van der Waals surface area (Å²) in [6, 6.07) is 11.7. The van der Waals surface area contributed by atoms with Crippen molar-refractivity contribution >= 4 is 11.3 Å². The zero-order valence-electron chi connectivity index (χ0n) is 8.90. The molecule has 0 amide bonds. The molecule has 1 aromatic carbocycles. The molecule has 0 unspecified atom stereocenters. The largest absolute Gasteiger partial charge is 0.508 e. The van der Waals surface area contributed by atoms with Gasteiger partial charge >= 0.3 is 0 Å². The average molecular weight is 218 g/mol. The first-order chi connectivity index (χ1) is 7.16. The van der Waals surface area contributed by atoms with Gasteiger partial charge in [-0.3, -0.25) is 0 Å². The molecule has 0 atom stereocenters. The molecule has 2 aromatic rings. The van der Waals surface area contributed by atoms with Gasteiger partial charge in [0.1, 0.15) is 5.75 Å². The Kier molecular flexibility index (Phi) is 2.78. The topological polar surface area (TPSA) is 20.2 Å². The molecule has 15 heavy (non-hydrogen) atoms. The van der Waals surface area contributed by atoms with Gasteiger partial charge in [0, 0.05) is 9.75 Å². The third-order valence-corrected chi connectivity index (χ3v) is 3.76. The van der Waals surface area contributed by atoms with Gasteiger partial charge in [-0.1, -0.05) is 26.0 Å². The molecule has 0 fully saturated rings. The lowest BCUT2D eigenvalue weighted by molar-refractivity contribution is 0.475. The molecule has 1 N–H and O–H groups in total. The van der Waals surface area contributed by atoms with E-state index in [1.807, 2.05) is 12.1 Å². The quantitative estimate of drug-likeness (QED) is 0.799. The maximum atomic E-state index is 9.39. The fourth-order valence-electron chi connectivity index (χ4n) is 1.48. The number of rotatable bonds is 2. The van der Waals surface area contributed by atoms with Crippen LogP contribution in [0.1, 0.15) is 24.6 Å². The van der Waals surface area contributed by atoms with Crippen LogP contribution in [0.3, 0.4) is 0 Å². The summed E-state index contributed by atoms with van der Waals surface area (Å²) in [6.45, 7) is 4.39. The standard InChI is InChI=1S/C13H14OS/c1-9(2)12-6-7-13(15-12)10-4-3-5-11(14)8-10/h3-9,14H,1-2H3. The Balaban J connectivity index is 2.37. The van der Waals surface area contributed by atoms with E-state index in [-0.39, 0.29) is 0 Å². The molecule has 0 bridgehead atoms. The fourth-order valence-corrected chi connectivity index (χ4v) is 2.48. The highest BCUT2D eigenvalue weighted by Gasteiger charge is 2.05. The molecule has 0 spiro atoms. The molecule has 1 aromatic heterocycles. The van der Waals surface area contributed by atoms with Crippen LogP contribution in [-0.2, 0) is 0 Å². The van der Waals surface area contributed by atoms with Crippen LogP contribution in [0, 0.1) is 0 Å². The molecule has 0 aliphatic heterocycles. The molecular formula is C13H14OS. The van der Waals surface area contributed by atoms with Crippen LogP contribution in [0.2, 0.25) is 0 Å². The van der Waals surface area contributed by atoms with E-state index < -0.39 is 0 Å². The second-order valence-corrected chi connectivity index (χ2v) is 5.02. The Morgan fingerprint density at radius 2 is 1.93 bits per heavy atom. The maximum absolute atomic E-state index is 9.39. The van der Waals surface area contributed by atoms with E-state index in [9.17, 15) is 5.11 Å². The smallest absolute Gasteiger partial charge is 0.116 e. The van der Waals surface area contributed by atoms with Crippen LogP contribution in [-0.4, -0.2) is 5.11 Å². The van der Waals surface area contributed by atoms with E-state index in [0.717, 1.165) is 5.56 Å². The average Bonchev–Trinajstić information content (AvgIpc) is 2.66. The number of hydrogen-bond acceptors (Lipinski definition) is 2. The monoisotopic (exact) mass is 218 g/mol. The van der Waals surface area contributed by atoms with Crippen molar-refractivity contribution in [1.29, 1.82) is 0 Å². The van der Waals surface area contributed by atoms with Crippen LogP contribution in [0.15, 0.2) is 36.4 Å². The third kappa shape index (κ3) is 2.21. The van der Waals surface area contributed by atoms with Gasteiger partial charge in [-0.2, -0.15) is 0 Å². The Morgan fingerprint density at radius 1 is 1.13 bits per heavy atom. The van der Waals surface area contributed by atoms with Crippen molar-refractivity contribution in [2.24, 2.45) is 0 Å². The van der Waals surface area contributed by atoms with Crippen LogP contribution in [0.4, 0.5) is 0 Å². The zero-order valence-corrected chi connectivity index (χ0v) is 9.71. The summed E-state index contributed by atoms with van der Waals surface area (Å²) in [6.07, 6.45) is 0. The maximum Gasteiger partial charge on any atom is 0.116 e. The molecule has 1 nitrogen and oxygen atoms in total. The molecule has 1 heterocycles. The van der Waals surface area contributed by atoms with Crippen molar-refractivity contribution in [1.82, 2.24) is 0 Å². The SMILES string of the molecule is CC(C)c1ccc(-c2cccc(O)c2)s1. The van der Waals surface area contributed by atoms with Crippen LogP contribution >= 0.6 is 11.3 Å². The molecule has 2 rings (SSSR count). The Morgan fingerprint density at radius 3 is 2.53 bits per heavy atom. The van der Waals surface area contributed by atoms with Gasteiger partial charge in [0.2, 0.25) is 0 Å².